The summed E-state index contributed by atoms with van der Waals surface area (Å²) in [6, 6.07) is 0. The molecule has 0 amide bonds. The van der Waals surface area contributed by atoms with Crippen molar-refractivity contribution in [1.29, 1.82) is 0 Å². The lowest BCUT2D eigenvalue weighted by atomic mass is 10.0. The zero-order valence-corrected chi connectivity index (χ0v) is 41.0. The molecule has 1 atom stereocenters. The molecule has 0 aromatic heterocycles. The first kappa shape index (κ1) is 58.6. The molecule has 0 aromatic carbocycles. The van der Waals surface area contributed by atoms with E-state index in [1.807, 2.05) is 0 Å². The van der Waals surface area contributed by atoms with Crippen LogP contribution in [-0.2, 0) is 23.8 Å². The van der Waals surface area contributed by atoms with Crippen LogP contribution in [0.2, 0.25) is 0 Å². The number of ether oxygens (including phenoxy) is 3. The number of unbranched alkanes of at least 4 members (excludes halogenated alkanes) is 38. The topological polar surface area (TPSA) is 61.8 Å². The van der Waals surface area contributed by atoms with Crippen LogP contribution < -0.4 is 0 Å². The maximum absolute atomic E-state index is 12.7. The van der Waals surface area contributed by atoms with Crippen molar-refractivity contribution in [2.24, 2.45) is 0 Å². The smallest absolute Gasteiger partial charge is 0.306 e. The average molecular weight is 847 g/mol. The van der Waals surface area contributed by atoms with E-state index in [4.69, 9.17) is 14.2 Å². The number of hydrogen-bond donors (Lipinski definition) is 0. The summed E-state index contributed by atoms with van der Waals surface area (Å²) in [7, 11) is 0. The lowest BCUT2D eigenvalue weighted by Gasteiger charge is -2.18. The van der Waals surface area contributed by atoms with Crippen molar-refractivity contribution in [3.05, 3.63) is 12.2 Å². The molecular formula is C55H106O5. The molecule has 60 heavy (non-hydrogen) atoms. The first-order valence-corrected chi connectivity index (χ1v) is 27.2. The summed E-state index contributed by atoms with van der Waals surface area (Å²) in [6.45, 7) is 7.87. The van der Waals surface area contributed by atoms with Crippen LogP contribution in [0, 0.1) is 0 Å². The molecule has 356 valence electrons. The van der Waals surface area contributed by atoms with Gasteiger partial charge in [0.1, 0.15) is 6.61 Å². The normalized spacial score (nSPS) is 12.1. The highest BCUT2D eigenvalue weighted by molar-refractivity contribution is 5.70. The predicted octanol–water partition coefficient (Wildman–Crippen LogP) is 18.2. The summed E-state index contributed by atoms with van der Waals surface area (Å²) in [5.41, 5.74) is 0. The average Bonchev–Trinajstić information content (AvgIpc) is 3.25. The summed E-state index contributed by atoms with van der Waals surface area (Å²) >= 11 is 0. The molecule has 0 fully saturated rings. The van der Waals surface area contributed by atoms with Gasteiger partial charge in [-0.25, -0.2) is 0 Å². The Kier molecular flexibility index (Phi) is 50.8. The van der Waals surface area contributed by atoms with Crippen LogP contribution in [0.15, 0.2) is 12.2 Å². The summed E-state index contributed by atoms with van der Waals surface area (Å²) in [4.78, 5) is 25.3. The molecule has 0 radical (unpaired) electrons. The van der Waals surface area contributed by atoms with Gasteiger partial charge in [0.2, 0.25) is 0 Å². The molecule has 0 aromatic rings. The molecule has 1 unspecified atom stereocenters. The Labute approximate surface area is 375 Å². The fourth-order valence-corrected chi connectivity index (χ4v) is 8.21. The molecular weight excluding hydrogens is 741 g/mol. The second-order valence-electron chi connectivity index (χ2n) is 18.5. The zero-order chi connectivity index (χ0) is 43.5. The fourth-order valence-electron chi connectivity index (χ4n) is 8.21. The molecule has 0 aliphatic heterocycles. The van der Waals surface area contributed by atoms with Gasteiger partial charge in [-0.1, -0.05) is 258 Å². The Morgan fingerprint density at radius 3 is 1.02 bits per heavy atom. The molecule has 0 aliphatic carbocycles. The predicted molar refractivity (Wildman–Crippen MR) is 261 cm³/mol. The van der Waals surface area contributed by atoms with Crippen LogP contribution in [0.3, 0.4) is 0 Å². The van der Waals surface area contributed by atoms with E-state index in [2.05, 4.69) is 32.9 Å². The van der Waals surface area contributed by atoms with Crippen LogP contribution >= 0.6 is 0 Å². The second-order valence-corrected chi connectivity index (χ2v) is 18.5. The highest BCUT2D eigenvalue weighted by Crippen LogP contribution is 2.16. The highest BCUT2D eigenvalue weighted by Gasteiger charge is 2.17. The fraction of sp³-hybridized carbons (Fsp3) is 0.927. The van der Waals surface area contributed by atoms with E-state index in [9.17, 15) is 9.59 Å². The van der Waals surface area contributed by atoms with Crippen molar-refractivity contribution in [2.75, 3.05) is 19.8 Å². The Hall–Kier alpha value is -1.36. The van der Waals surface area contributed by atoms with Gasteiger partial charge in [-0.15, -0.1) is 0 Å². The minimum absolute atomic E-state index is 0.0921. The third-order valence-electron chi connectivity index (χ3n) is 12.3. The number of hydrogen-bond acceptors (Lipinski definition) is 5. The molecule has 0 spiro atoms. The molecule has 0 rings (SSSR count). The van der Waals surface area contributed by atoms with Crippen LogP contribution in [0.5, 0.6) is 0 Å². The molecule has 0 heterocycles. The van der Waals surface area contributed by atoms with E-state index in [0.717, 1.165) is 32.1 Å². The van der Waals surface area contributed by atoms with E-state index >= 15 is 0 Å². The van der Waals surface area contributed by atoms with E-state index in [1.165, 1.54) is 238 Å². The van der Waals surface area contributed by atoms with Gasteiger partial charge >= 0.3 is 11.9 Å². The van der Waals surface area contributed by atoms with Crippen LogP contribution in [0.1, 0.15) is 303 Å². The number of carbonyl (C=O) groups excluding carboxylic acids is 2. The molecule has 5 nitrogen and oxygen atoms in total. The van der Waals surface area contributed by atoms with Gasteiger partial charge in [0, 0.05) is 19.4 Å². The molecule has 0 saturated carbocycles. The van der Waals surface area contributed by atoms with Crippen LogP contribution in [0.4, 0.5) is 0 Å². The summed E-state index contributed by atoms with van der Waals surface area (Å²) in [5, 5.41) is 0. The third-order valence-corrected chi connectivity index (χ3v) is 12.3. The SMILES string of the molecule is CCCCCCCC/C=C\CCCCCCCCCC(=O)OCC(COCCCCCCCCCCCCCCCCCCCC)OC(=O)CCCCCCCCCCC. The van der Waals surface area contributed by atoms with Crippen molar-refractivity contribution >= 4 is 11.9 Å². The van der Waals surface area contributed by atoms with Crippen molar-refractivity contribution < 1.29 is 23.8 Å². The van der Waals surface area contributed by atoms with Gasteiger partial charge in [-0.2, -0.15) is 0 Å². The number of esters is 2. The maximum atomic E-state index is 12.7. The van der Waals surface area contributed by atoms with Crippen molar-refractivity contribution in [2.45, 2.75) is 309 Å². The standard InChI is InChI=1S/C55H106O5/c1-4-7-10-13-16-19-21-23-25-27-29-31-33-35-38-41-44-47-50-58-51-53(60-55(57)49-46-43-40-36-18-15-12-9-6-3)52-59-54(56)48-45-42-39-37-34-32-30-28-26-24-22-20-17-14-11-8-5-2/h24,26,53H,4-23,25,27-52H2,1-3H3/b26-24-. The molecule has 0 saturated heterocycles. The van der Waals surface area contributed by atoms with Gasteiger partial charge in [-0.05, 0) is 44.9 Å². The summed E-state index contributed by atoms with van der Waals surface area (Å²) in [6.07, 6.45) is 59.4. The minimum Gasteiger partial charge on any atom is -0.462 e. The Morgan fingerprint density at radius 1 is 0.350 bits per heavy atom. The molecule has 0 aliphatic rings. The largest absolute Gasteiger partial charge is 0.462 e. The van der Waals surface area contributed by atoms with Gasteiger partial charge in [-0.3, -0.25) is 9.59 Å². The molecule has 0 bridgehead atoms. The van der Waals surface area contributed by atoms with Gasteiger partial charge in [0.25, 0.3) is 0 Å². The van der Waals surface area contributed by atoms with Gasteiger partial charge < -0.3 is 14.2 Å². The van der Waals surface area contributed by atoms with E-state index in [-0.39, 0.29) is 18.5 Å². The third kappa shape index (κ3) is 49.3. The first-order valence-electron chi connectivity index (χ1n) is 27.2. The lowest BCUT2D eigenvalue weighted by molar-refractivity contribution is -0.163. The summed E-state index contributed by atoms with van der Waals surface area (Å²) in [5.74, 6) is -0.383. The number of allylic oxidation sites excluding steroid dienone is 2. The second kappa shape index (κ2) is 52.0. The van der Waals surface area contributed by atoms with Crippen LogP contribution in [-0.4, -0.2) is 37.9 Å². The summed E-state index contributed by atoms with van der Waals surface area (Å²) < 4.78 is 17.4. The minimum atomic E-state index is -0.527. The Morgan fingerprint density at radius 2 is 0.650 bits per heavy atom. The number of rotatable bonds is 51. The molecule has 5 heteroatoms. The Bertz CT molecular complexity index is 871. The first-order chi connectivity index (χ1) is 29.6. The van der Waals surface area contributed by atoms with Crippen molar-refractivity contribution in [3.63, 3.8) is 0 Å². The number of carbonyl (C=O) groups is 2. The highest BCUT2D eigenvalue weighted by atomic mass is 16.6. The van der Waals surface area contributed by atoms with Crippen LogP contribution in [0.25, 0.3) is 0 Å². The van der Waals surface area contributed by atoms with Gasteiger partial charge in [0.15, 0.2) is 6.10 Å². The van der Waals surface area contributed by atoms with E-state index in [0.29, 0.717) is 26.1 Å². The van der Waals surface area contributed by atoms with E-state index in [1.54, 1.807) is 0 Å². The maximum Gasteiger partial charge on any atom is 0.306 e. The molecule has 0 N–H and O–H groups in total. The van der Waals surface area contributed by atoms with Crippen molar-refractivity contribution in [1.82, 2.24) is 0 Å². The quantitative estimate of drug-likeness (QED) is 0.0347. The monoisotopic (exact) mass is 847 g/mol. The Balaban J connectivity index is 4.11. The van der Waals surface area contributed by atoms with E-state index < -0.39 is 6.10 Å². The lowest BCUT2D eigenvalue weighted by Crippen LogP contribution is -2.30. The van der Waals surface area contributed by atoms with Gasteiger partial charge in [0.05, 0.1) is 6.61 Å². The van der Waals surface area contributed by atoms with Crippen molar-refractivity contribution in [3.8, 4) is 0 Å². The zero-order valence-electron chi connectivity index (χ0n) is 41.0.